The normalized spacial score (nSPS) is 11.7. The van der Waals surface area contributed by atoms with E-state index in [0.717, 1.165) is 16.9 Å². The van der Waals surface area contributed by atoms with Gasteiger partial charge in [0, 0.05) is 6.54 Å². The molecule has 0 aromatic heterocycles. The Labute approximate surface area is 124 Å². The molecule has 2 rings (SSSR count). The molecule has 2 aromatic rings. The van der Waals surface area contributed by atoms with Crippen molar-refractivity contribution in [2.75, 3.05) is 6.61 Å². The molecular weight excluding hydrogens is 264 g/mol. The minimum absolute atomic E-state index is 0.192. The first-order valence-electron chi connectivity index (χ1n) is 7.00. The lowest BCUT2D eigenvalue weighted by Gasteiger charge is -2.13. The van der Waals surface area contributed by atoms with Crippen LogP contribution in [0.4, 0.5) is 0 Å². The Kier molecular flexibility index (Phi) is 5.35. The second-order valence-corrected chi connectivity index (χ2v) is 4.69. The fourth-order valence-electron chi connectivity index (χ4n) is 2.02. The number of ether oxygens (including phenoxy) is 1. The highest BCUT2D eigenvalue weighted by Crippen LogP contribution is 2.14. The number of carbonyl (C=O) groups is 1. The van der Waals surface area contributed by atoms with Crippen molar-refractivity contribution in [3.05, 3.63) is 65.7 Å². The number of benzene rings is 2. The molecule has 0 aliphatic heterocycles. The Balaban J connectivity index is 1.93. The van der Waals surface area contributed by atoms with Gasteiger partial charge in [0.15, 0.2) is 0 Å². The van der Waals surface area contributed by atoms with E-state index in [4.69, 9.17) is 10.5 Å². The topological polar surface area (TPSA) is 64.3 Å². The number of hydrogen-bond donors (Lipinski definition) is 2. The van der Waals surface area contributed by atoms with E-state index in [9.17, 15) is 4.79 Å². The Morgan fingerprint density at radius 1 is 1.19 bits per heavy atom. The van der Waals surface area contributed by atoms with Gasteiger partial charge in [-0.25, -0.2) is 0 Å². The smallest absolute Gasteiger partial charge is 0.241 e. The summed E-state index contributed by atoms with van der Waals surface area (Å²) in [4.78, 5) is 12.1. The number of carbonyl (C=O) groups excluding carboxylic acids is 1. The molecule has 0 saturated heterocycles. The summed E-state index contributed by atoms with van der Waals surface area (Å²) in [5.74, 6) is 0.611. The molecule has 110 valence electrons. The third-order valence-corrected chi connectivity index (χ3v) is 3.12. The zero-order valence-electron chi connectivity index (χ0n) is 12.1. The van der Waals surface area contributed by atoms with Crippen LogP contribution in [0.5, 0.6) is 5.75 Å². The molecule has 1 atom stereocenters. The van der Waals surface area contributed by atoms with Crippen LogP contribution in [-0.2, 0) is 11.3 Å². The van der Waals surface area contributed by atoms with Crippen LogP contribution in [0.2, 0.25) is 0 Å². The molecule has 0 saturated carbocycles. The van der Waals surface area contributed by atoms with E-state index in [-0.39, 0.29) is 5.91 Å². The second kappa shape index (κ2) is 7.45. The quantitative estimate of drug-likeness (QED) is 0.856. The zero-order chi connectivity index (χ0) is 15.1. The predicted molar refractivity (Wildman–Crippen MR) is 82.8 cm³/mol. The number of nitrogens with one attached hydrogen (secondary N) is 1. The lowest BCUT2D eigenvalue weighted by Crippen LogP contribution is -2.33. The number of rotatable bonds is 6. The highest BCUT2D eigenvalue weighted by atomic mass is 16.5. The number of hydrogen-bond acceptors (Lipinski definition) is 3. The van der Waals surface area contributed by atoms with Crippen molar-refractivity contribution in [3.63, 3.8) is 0 Å². The first kappa shape index (κ1) is 15.1. The maximum Gasteiger partial charge on any atom is 0.241 e. The highest BCUT2D eigenvalue weighted by Gasteiger charge is 2.14. The lowest BCUT2D eigenvalue weighted by atomic mass is 10.1. The van der Waals surface area contributed by atoms with E-state index in [2.05, 4.69) is 5.32 Å². The Morgan fingerprint density at radius 2 is 1.95 bits per heavy atom. The standard InChI is InChI=1S/C17H20N2O2/c1-2-21-15-10-6-7-13(11-15)12-19-17(20)16(18)14-8-4-3-5-9-14/h3-11,16H,2,12,18H2,1H3,(H,19,20). The average Bonchev–Trinajstić information content (AvgIpc) is 2.53. The molecular formula is C17H20N2O2. The van der Waals surface area contributed by atoms with Gasteiger partial charge in [-0.1, -0.05) is 42.5 Å². The van der Waals surface area contributed by atoms with E-state index in [1.165, 1.54) is 0 Å². The molecule has 21 heavy (non-hydrogen) atoms. The molecule has 0 bridgehead atoms. The zero-order valence-corrected chi connectivity index (χ0v) is 12.1. The molecule has 2 aromatic carbocycles. The highest BCUT2D eigenvalue weighted by molar-refractivity contribution is 5.82. The van der Waals surface area contributed by atoms with Crippen molar-refractivity contribution >= 4 is 5.91 Å². The molecule has 4 nitrogen and oxygen atoms in total. The molecule has 4 heteroatoms. The van der Waals surface area contributed by atoms with Crippen molar-refractivity contribution < 1.29 is 9.53 Å². The molecule has 0 aliphatic rings. The van der Waals surface area contributed by atoms with Gasteiger partial charge in [-0.2, -0.15) is 0 Å². The van der Waals surface area contributed by atoms with Crippen LogP contribution in [0.25, 0.3) is 0 Å². The van der Waals surface area contributed by atoms with Crippen LogP contribution in [0.3, 0.4) is 0 Å². The maximum atomic E-state index is 12.1. The van der Waals surface area contributed by atoms with Crippen LogP contribution in [0, 0.1) is 0 Å². The summed E-state index contributed by atoms with van der Waals surface area (Å²) >= 11 is 0. The summed E-state index contributed by atoms with van der Waals surface area (Å²) in [7, 11) is 0. The van der Waals surface area contributed by atoms with E-state index in [1.807, 2.05) is 61.5 Å². The van der Waals surface area contributed by atoms with E-state index in [0.29, 0.717) is 13.2 Å². The van der Waals surface area contributed by atoms with Crippen LogP contribution in [0.15, 0.2) is 54.6 Å². The van der Waals surface area contributed by atoms with Crippen LogP contribution in [-0.4, -0.2) is 12.5 Å². The summed E-state index contributed by atoms with van der Waals surface area (Å²) in [6.45, 7) is 2.99. The van der Waals surface area contributed by atoms with Gasteiger partial charge in [0.25, 0.3) is 0 Å². The summed E-state index contributed by atoms with van der Waals surface area (Å²) in [5.41, 5.74) is 7.73. The van der Waals surface area contributed by atoms with Crippen molar-refractivity contribution in [2.24, 2.45) is 5.73 Å². The summed E-state index contributed by atoms with van der Waals surface area (Å²) in [6.07, 6.45) is 0. The Hall–Kier alpha value is -2.33. The van der Waals surface area contributed by atoms with Gasteiger partial charge < -0.3 is 15.8 Å². The minimum Gasteiger partial charge on any atom is -0.494 e. The lowest BCUT2D eigenvalue weighted by molar-refractivity contribution is -0.122. The average molecular weight is 284 g/mol. The van der Waals surface area contributed by atoms with E-state index < -0.39 is 6.04 Å². The van der Waals surface area contributed by atoms with Gasteiger partial charge in [0.05, 0.1) is 6.61 Å². The summed E-state index contributed by atoms with van der Waals surface area (Å²) < 4.78 is 5.43. The Bertz CT molecular complexity index is 584. The Morgan fingerprint density at radius 3 is 2.67 bits per heavy atom. The number of amides is 1. The van der Waals surface area contributed by atoms with Crippen LogP contribution < -0.4 is 15.8 Å². The van der Waals surface area contributed by atoms with Gasteiger partial charge in [-0.05, 0) is 30.2 Å². The molecule has 0 radical (unpaired) electrons. The monoisotopic (exact) mass is 284 g/mol. The molecule has 0 spiro atoms. The van der Waals surface area contributed by atoms with Crippen molar-refractivity contribution in [3.8, 4) is 5.75 Å². The maximum absolute atomic E-state index is 12.1. The molecule has 3 N–H and O–H groups in total. The van der Waals surface area contributed by atoms with Gasteiger partial charge >= 0.3 is 0 Å². The predicted octanol–water partition coefficient (Wildman–Crippen LogP) is 2.40. The van der Waals surface area contributed by atoms with Gasteiger partial charge in [0.2, 0.25) is 5.91 Å². The van der Waals surface area contributed by atoms with Crippen molar-refractivity contribution in [1.82, 2.24) is 5.32 Å². The first-order chi connectivity index (χ1) is 10.2. The largest absolute Gasteiger partial charge is 0.494 e. The van der Waals surface area contributed by atoms with Gasteiger partial charge in [-0.15, -0.1) is 0 Å². The van der Waals surface area contributed by atoms with Crippen molar-refractivity contribution in [2.45, 2.75) is 19.5 Å². The SMILES string of the molecule is CCOc1cccc(CNC(=O)C(N)c2ccccc2)c1. The molecule has 1 unspecified atom stereocenters. The third kappa shape index (κ3) is 4.33. The molecule has 1 amide bonds. The molecule has 0 heterocycles. The molecule has 0 aliphatic carbocycles. The van der Waals surface area contributed by atoms with Crippen LogP contribution >= 0.6 is 0 Å². The second-order valence-electron chi connectivity index (χ2n) is 4.69. The van der Waals surface area contributed by atoms with Gasteiger partial charge in [0.1, 0.15) is 11.8 Å². The summed E-state index contributed by atoms with van der Waals surface area (Å²) in [5, 5.41) is 2.85. The fraction of sp³-hybridized carbons (Fsp3) is 0.235. The third-order valence-electron chi connectivity index (χ3n) is 3.12. The van der Waals surface area contributed by atoms with E-state index in [1.54, 1.807) is 0 Å². The first-order valence-corrected chi connectivity index (χ1v) is 7.00. The molecule has 0 fully saturated rings. The van der Waals surface area contributed by atoms with Crippen LogP contribution in [0.1, 0.15) is 24.1 Å². The number of nitrogens with two attached hydrogens (primary N) is 1. The minimum atomic E-state index is -0.652. The van der Waals surface area contributed by atoms with Crippen molar-refractivity contribution in [1.29, 1.82) is 0 Å². The fourth-order valence-corrected chi connectivity index (χ4v) is 2.02. The van der Waals surface area contributed by atoms with Gasteiger partial charge in [-0.3, -0.25) is 4.79 Å². The summed E-state index contributed by atoms with van der Waals surface area (Å²) in [6, 6.07) is 16.3. The van der Waals surface area contributed by atoms with E-state index >= 15 is 0 Å².